The van der Waals surface area contributed by atoms with E-state index in [0.29, 0.717) is 37.8 Å². The van der Waals surface area contributed by atoms with Gasteiger partial charge in [-0.3, -0.25) is 9.59 Å². The van der Waals surface area contributed by atoms with Crippen molar-refractivity contribution >= 4 is 11.9 Å². The number of carbonyl (C=O) groups excluding carboxylic acids is 1. The number of piperidine rings is 1. The molecule has 2 fully saturated rings. The second-order valence-corrected chi connectivity index (χ2v) is 6.60. The smallest absolute Gasteiger partial charge is 0.416 e. The van der Waals surface area contributed by atoms with Crippen molar-refractivity contribution in [3.05, 3.63) is 35.4 Å². The molecule has 0 aromatic heterocycles. The average molecular weight is 341 g/mol. The summed E-state index contributed by atoms with van der Waals surface area (Å²) in [6.07, 6.45) is -2.38. The van der Waals surface area contributed by atoms with Crippen LogP contribution in [0.25, 0.3) is 0 Å². The zero-order valence-corrected chi connectivity index (χ0v) is 13.0. The summed E-state index contributed by atoms with van der Waals surface area (Å²) in [4.78, 5) is 25.3. The molecule has 1 amide bonds. The highest BCUT2D eigenvalue weighted by Crippen LogP contribution is 2.48. The molecule has 1 atom stereocenters. The topological polar surface area (TPSA) is 57.6 Å². The van der Waals surface area contributed by atoms with Crippen LogP contribution in [0, 0.1) is 5.41 Å². The Morgan fingerprint density at radius 2 is 1.96 bits per heavy atom. The summed E-state index contributed by atoms with van der Waals surface area (Å²) in [7, 11) is 0. The summed E-state index contributed by atoms with van der Waals surface area (Å²) in [5.41, 5.74) is -1.45. The van der Waals surface area contributed by atoms with Gasteiger partial charge in [0.25, 0.3) is 0 Å². The molecule has 0 bridgehead atoms. The van der Waals surface area contributed by atoms with Gasteiger partial charge in [0.2, 0.25) is 5.91 Å². The Morgan fingerprint density at radius 1 is 1.25 bits per heavy atom. The van der Waals surface area contributed by atoms with Crippen molar-refractivity contribution in [1.82, 2.24) is 4.90 Å². The van der Waals surface area contributed by atoms with Crippen LogP contribution in [-0.4, -0.2) is 35.0 Å². The Hall–Kier alpha value is -2.05. The Morgan fingerprint density at radius 3 is 2.54 bits per heavy atom. The molecule has 1 aliphatic carbocycles. The summed E-state index contributed by atoms with van der Waals surface area (Å²) in [5.74, 6) is -1.70. The molecule has 130 valence electrons. The third kappa shape index (κ3) is 2.99. The Kier molecular flexibility index (Phi) is 4.05. The number of rotatable bonds is 3. The fourth-order valence-electron chi connectivity index (χ4n) is 3.35. The van der Waals surface area contributed by atoms with Crippen LogP contribution in [0.3, 0.4) is 0 Å². The van der Waals surface area contributed by atoms with Gasteiger partial charge in [0.15, 0.2) is 0 Å². The first-order valence-corrected chi connectivity index (χ1v) is 7.94. The van der Waals surface area contributed by atoms with Crippen molar-refractivity contribution in [3.8, 4) is 0 Å². The molecule has 1 aromatic rings. The van der Waals surface area contributed by atoms with Crippen LogP contribution in [-0.2, 0) is 15.8 Å². The maximum atomic E-state index is 12.9. The second kappa shape index (κ2) is 5.79. The average Bonchev–Trinajstić information content (AvgIpc) is 3.35. The number of hydrogen-bond acceptors (Lipinski definition) is 2. The van der Waals surface area contributed by atoms with E-state index in [-0.39, 0.29) is 12.5 Å². The van der Waals surface area contributed by atoms with Crippen LogP contribution in [0.4, 0.5) is 13.2 Å². The lowest BCUT2D eigenvalue weighted by Crippen LogP contribution is -2.45. The molecular weight excluding hydrogens is 323 g/mol. The first-order valence-electron chi connectivity index (χ1n) is 7.94. The predicted octanol–water partition coefficient (Wildman–Crippen LogP) is 3.28. The minimum atomic E-state index is -4.40. The predicted molar refractivity (Wildman–Crippen MR) is 79.3 cm³/mol. The third-order valence-corrected chi connectivity index (χ3v) is 4.96. The van der Waals surface area contributed by atoms with Crippen LogP contribution >= 0.6 is 0 Å². The first-order chi connectivity index (χ1) is 11.2. The number of halogens is 3. The van der Waals surface area contributed by atoms with Gasteiger partial charge in [-0.05, 0) is 37.3 Å². The summed E-state index contributed by atoms with van der Waals surface area (Å²) in [6.45, 7) is 0.735. The van der Waals surface area contributed by atoms with Gasteiger partial charge < -0.3 is 10.0 Å². The van der Waals surface area contributed by atoms with Crippen molar-refractivity contribution < 1.29 is 27.9 Å². The number of amides is 1. The number of likely N-dealkylation sites (tertiary alicyclic amines) is 1. The van der Waals surface area contributed by atoms with Crippen molar-refractivity contribution in [2.45, 2.75) is 37.8 Å². The molecule has 1 heterocycles. The molecular formula is C17H18F3NO3. The van der Waals surface area contributed by atoms with Crippen LogP contribution in [0.1, 0.15) is 42.7 Å². The molecule has 2 aliphatic rings. The third-order valence-electron chi connectivity index (χ3n) is 4.96. The number of hydrogen-bond donors (Lipinski definition) is 1. The number of carboxylic acid groups (broad SMARTS) is 1. The Balaban J connectivity index is 1.77. The SMILES string of the molecule is O=C(O)C1(C(=O)N2CCCC(c3cccc(C(F)(F)F)c3)C2)CC1. The van der Waals surface area contributed by atoms with Crippen LogP contribution < -0.4 is 0 Å². The van der Waals surface area contributed by atoms with E-state index in [9.17, 15) is 27.9 Å². The molecule has 7 heteroatoms. The zero-order valence-electron chi connectivity index (χ0n) is 13.0. The monoisotopic (exact) mass is 341 g/mol. The summed E-state index contributed by atoms with van der Waals surface area (Å²) >= 11 is 0. The van der Waals surface area contributed by atoms with E-state index in [1.54, 1.807) is 6.07 Å². The number of aliphatic carboxylic acids is 1. The van der Waals surface area contributed by atoms with Gasteiger partial charge in [-0.15, -0.1) is 0 Å². The van der Waals surface area contributed by atoms with E-state index in [2.05, 4.69) is 0 Å². The number of alkyl halides is 3. The van der Waals surface area contributed by atoms with E-state index < -0.39 is 29.0 Å². The van der Waals surface area contributed by atoms with Gasteiger partial charge in [0.05, 0.1) is 5.56 Å². The van der Waals surface area contributed by atoms with Crippen molar-refractivity contribution in [2.24, 2.45) is 5.41 Å². The number of carbonyl (C=O) groups is 2. The molecule has 0 radical (unpaired) electrons. The fraction of sp³-hybridized carbons (Fsp3) is 0.529. The van der Waals surface area contributed by atoms with E-state index in [4.69, 9.17) is 0 Å². The zero-order chi connectivity index (χ0) is 17.5. The molecule has 1 saturated carbocycles. The molecule has 24 heavy (non-hydrogen) atoms. The number of benzene rings is 1. The van der Waals surface area contributed by atoms with E-state index >= 15 is 0 Å². The lowest BCUT2D eigenvalue weighted by atomic mass is 9.88. The van der Waals surface area contributed by atoms with Crippen LogP contribution in [0.5, 0.6) is 0 Å². The van der Waals surface area contributed by atoms with E-state index in [1.165, 1.54) is 11.0 Å². The normalized spacial score (nSPS) is 23.0. The molecule has 0 spiro atoms. The van der Waals surface area contributed by atoms with Gasteiger partial charge in [0.1, 0.15) is 5.41 Å². The lowest BCUT2D eigenvalue weighted by Gasteiger charge is -2.34. The molecule has 1 aliphatic heterocycles. The Bertz CT molecular complexity index is 667. The number of nitrogens with zero attached hydrogens (tertiary/aromatic N) is 1. The molecule has 4 nitrogen and oxygen atoms in total. The van der Waals surface area contributed by atoms with Crippen molar-refractivity contribution in [2.75, 3.05) is 13.1 Å². The highest BCUT2D eigenvalue weighted by Gasteiger charge is 2.58. The molecule has 1 unspecified atom stereocenters. The van der Waals surface area contributed by atoms with Crippen molar-refractivity contribution in [3.63, 3.8) is 0 Å². The van der Waals surface area contributed by atoms with E-state index in [1.807, 2.05) is 0 Å². The van der Waals surface area contributed by atoms with Crippen molar-refractivity contribution in [1.29, 1.82) is 0 Å². The minimum absolute atomic E-state index is 0.199. The maximum absolute atomic E-state index is 12.9. The molecule has 1 N–H and O–H groups in total. The van der Waals surface area contributed by atoms with Gasteiger partial charge in [-0.1, -0.05) is 18.2 Å². The highest BCUT2D eigenvalue weighted by molar-refractivity contribution is 6.04. The minimum Gasteiger partial charge on any atom is -0.480 e. The fourth-order valence-corrected chi connectivity index (χ4v) is 3.35. The van der Waals surface area contributed by atoms with Crippen LogP contribution in [0.15, 0.2) is 24.3 Å². The first kappa shape index (κ1) is 16.8. The van der Waals surface area contributed by atoms with Gasteiger partial charge in [-0.25, -0.2) is 0 Å². The van der Waals surface area contributed by atoms with E-state index in [0.717, 1.165) is 12.1 Å². The quantitative estimate of drug-likeness (QED) is 0.859. The van der Waals surface area contributed by atoms with Gasteiger partial charge in [0, 0.05) is 19.0 Å². The molecule has 1 saturated heterocycles. The Labute approximate surface area is 137 Å². The maximum Gasteiger partial charge on any atom is 0.416 e. The highest BCUT2D eigenvalue weighted by atomic mass is 19.4. The molecule has 3 rings (SSSR count). The summed E-state index contributed by atoms with van der Waals surface area (Å²) in [5, 5.41) is 9.24. The summed E-state index contributed by atoms with van der Waals surface area (Å²) in [6, 6.07) is 5.16. The van der Waals surface area contributed by atoms with Gasteiger partial charge in [-0.2, -0.15) is 13.2 Å². The molecule has 1 aromatic carbocycles. The summed E-state index contributed by atoms with van der Waals surface area (Å²) < 4.78 is 38.6. The second-order valence-electron chi connectivity index (χ2n) is 6.60. The largest absolute Gasteiger partial charge is 0.480 e. The van der Waals surface area contributed by atoms with Crippen LogP contribution in [0.2, 0.25) is 0 Å². The van der Waals surface area contributed by atoms with Gasteiger partial charge >= 0.3 is 12.1 Å². The lowest BCUT2D eigenvalue weighted by molar-refractivity contribution is -0.154. The number of carboxylic acids is 1. The standard InChI is InChI=1S/C17H18F3NO3/c18-17(19,20)13-5-1-3-11(9-13)12-4-2-8-21(10-12)14(22)16(6-7-16)15(23)24/h1,3,5,9,12H,2,4,6-8,10H2,(H,23,24).